The van der Waals surface area contributed by atoms with Gasteiger partial charge in [0.05, 0.1) is 0 Å². The van der Waals surface area contributed by atoms with Crippen molar-refractivity contribution >= 4 is 30.5 Å². The van der Waals surface area contributed by atoms with Crippen LogP contribution in [0.4, 0.5) is 4.79 Å². The average Bonchev–Trinajstić information content (AvgIpc) is 2.79. The third kappa shape index (κ3) is 8.19. The lowest BCUT2D eigenvalue weighted by molar-refractivity contribution is -0.148. The van der Waals surface area contributed by atoms with E-state index in [2.05, 4.69) is 29.2 Å². The minimum atomic E-state index is -1.01. The third-order valence-electron chi connectivity index (χ3n) is 6.00. The first-order valence-electron chi connectivity index (χ1n) is 12.6. The molecule has 0 heterocycles. The predicted molar refractivity (Wildman–Crippen MR) is 146 cm³/mol. The van der Waals surface area contributed by atoms with E-state index < -0.39 is 35.2 Å². The third-order valence-corrected chi connectivity index (χ3v) is 6.37. The van der Waals surface area contributed by atoms with Gasteiger partial charge < -0.3 is 20.3 Å². The van der Waals surface area contributed by atoms with E-state index in [1.165, 1.54) is 4.90 Å². The number of nitrogens with zero attached hydrogens (tertiary/aromatic N) is 1. The van der Waals surface area contributed by atoms with Crippen LogP contribution < -0.4 is 10.6 Å². The van der Waals surface area contributed by atoms with Gasteiger partial charge in [0.15, 0.2) is 0 Å². The predicted octanol–water partition coefficient (Wildman–Crippen LogP) is 4.61. The van der Waals surface area contributed by atoms with Crippen molar-refractivity contribution in [2.24, 2.45) is 0 Å². The summed E-state index contributed by atoms with van der Waals surface area (Å²) in [7, 11) is 0. The maximum absolute atomic E-state index is 14.0. The van der Waals surface area contributed by atoms with Crippen molar-refractivity contribution in [3.8, 4) is 12.3 Å². The highest BCUT2D eigenvalue weighted by Gasteiger charge is 2.42. The molecule has 1 aliphatic rings. The lowest BCUT2D eigenvalue weighted by Crippen LogP contribution is -2.59. The van der Waals surface area contributed by atoms with Gasteiger partial charge in [-0.05, 0) is 66.0 Å². The first-order valence-corrected chi connectivity index (χ1v) is 13.2. The number of carbonyl (C=O) groups excluding carboxylic acids is 3. The van der Waals surface area contributed by atoms with E-state index in [0.29, 0.717) is 11.1 Å². The molecule has 1 saturated carbocycles. The SMILES string of the molecule is C#Cc1ccccc1C(C(=O)NC1CCCCC1)N(C(=O)C(CS)NC(=O)OC(C)(C)C)C(C)(C)C. The van der Waals surface area contributed by atoms with Gasteiger partial charge in [-0.3, -0.25) is 9.59 Å². The molecule has 1 fully saturated rings. The Labute approximate surface area is 221 Å². The number of hydrogen-bond donors (Lipinski definition) is 3. The molecule has 8 heteroatoms. The number of amides is 3. The normalized spacial score (nSPS) is 16.3. The van der Waals surface area contributed by atoms with Crippen LogP contribution in [0.15, 0.2) is 24.3 Å². The maximum Gasteiger partial charge on any atom is 0.408 e. The molecule has 198 valence electrons. The van der Waals surface area contributed by atoms with Crippen LogP contribution in [0.3, 0.4) is 0 Å². The molecule has 1 aromatic rings. The van der Waals surface area contributed by atoms with E-state index in [1.54, 1.807) is 45.0 Å². The van der Waals surface area contributed by atoms with Crippen molar-refractivity contribution in [1.82, 2.24) is 15.5 Å². The average molecular weight is 516 g/mol. The molecule has 0 saturated heterocycles. The molecule has 2 atom stereocenters. The van der Waals surface area contributed by atoms with Gasteiger partial charge in [0, 0.05) is 22.9 Å². The quantitative estimate of drug-likeness (QED) is 0.366. The number of hydrogen-bond acceptors (Lipinski definition) is 5. The summed E-state index contributed by atoms with van der Waals surface area (Å²) < 4.78 is 5.35. The molecule has 2 N–H and O–H groups in total. The highest BCUT2D eigenvalue weighted by atomic mass is 32.1. The van der Waals surface area contributed by atoms with Crippen molar-refractivity contribution in [2.75, 3.05) is 5.75 Å². The Balaban J connectivity index is 2.51. The summed E-state index contributed by atoms with van der Waals surface area (Å²) in [4.78, 5) is 41.9. The Hall–Kier alpha value is -2.66. The molecule has 0 spiro atoms. The van der Waals surface area contributed by atoms with Crippen LogP contribution >= 0.6 is 12.6 Å². The minimum Gasteiger partial charge on any atom is -0.444 e. The van der Waals surface area contributed by atoms with Crippen molar-refractivity contribution in [2.45, 2.75) is 103 Å². The summed E-state index contributed by atoms with van der Waals surface area (Å²) in [5.74, 6) is 1.95. The molecular formula is C28H41N3O4S. The fraction of sp³-hybridized carbons (Fsp3) is 0.607. The molecule has 36 heavy (non-hydrogen) atoms. The number of ether oxygens (including phenoxy) is 1. The molecule has 0 bridgehead atoms. The maximum atomic E-state index is 14.0. The van der Waals surface area contributed by atoms with Crippen LogP contribution in [0.1, 0.15) is 90.8 Å². The topological polar surface area (TPSA) is 87.7 Å². The second-order valence-electron chi connectivity index (χ2n) is 11.2. The zero-order chi connectivity index (χ0) is 27.1. The van der Waals surface area contributed by atoms with Crippen LogP contribution in [0.2, 0.25) is 0 Å². The Bertz CT molecular complexity index is 968. The summed E-state index contributed by atoms with van der Waals surface area (Å²) in [6, 6.07) is 5.19. The number of thiol groups is 1. The highest BCUT2D eigenvalue weighted by molar-refractivity contribution is 7.80. The highest BCUT2D eigenvalue weighted by Crippen LogP contribution is 2.32. The van der Waals surface area contributed by atoms with Gasteiger partial charge in [-0.2, -0.15) is 12.6 Å². The van der Waals surface area contributed by atoms with E-state index >= 15 is 0 Å². The molecule has 0 aliphatic heterocycles. The summed E-state index contributed by atoms with van der Waals surface area (Å²) in [6.07, 6.45) is 10.1. The molecule has 7 nitrogen and oxygen atoms in total. The number of terminal acetylenes is 1. The zero-order valence-corrected chi connectivity index (χ0v) is 23.3. The monoisotopic (exact) mass is 515 g/mol. The first-order chi connectivity index (χ1) is 16.8. The van der Waals surface area contributed by atoms with Gasteiger partial charge >= 0.3 is 6.09 Å². The molecule has 2 rings (SSSR count). The molecule has 3 amide bonds. The summed E-state index contributed by atoms with van der Waals surface area (Å²) in [5.41, 5.74) is -0.423. The van der Waals surface area contributed by atoms with Crippen LogP contribution in [0, 0.1) is 12.3 Å². The largest absolute Gasteiger partial charge is 0.444 e. The standard InChI is InChI=1S/C28H41N3O4S/c1-8-19-14-12-13-17-21(19)23(24(32)29-20-15-10-9-11-16-20)31(27(2,3)4)25(33)22(18-36)30-26(34)35-28(5,6)7/h1,12-14,17,20,22-23,36H,9-11,15-16,18H2,2-7H3,(H,29,32)(H,30,34). The Kier molecular flexibility index (Phi) is 10.3. The summed E-state index contributed by atoms with van der Waals surface area (Å²) in [5, 5.41) is 5.80. The number of rotatable bonds is 7. The number of alkyl carbamates (subject to hydrolysis) is 1. The molecule has 0 aromatic heterocycles. The van der Waals surface area contributed by atoms with Gasteiger partial charge in [0.2, 0.25) is 11.8 Å². The summed E-state index contributed by atoms with van der Waals surface area (Å²) >= 11 is 4.33. The Morgan fingerprint density at radius 1 is 1.11 bits per heavy atom. The van der Waals surface area contributed by atoms with Gasteiger partial charge in [-0.1, -0.05) is 43.4 Å². The fourth-order valence-electron chi connectivity index (χ4n) is 4.44. The first kappa shape index (κ1) is 29.6. The second kappa shape index (κ2) is 12.5. The van der Waals surface area contributed by atoms with Crippen LogP contribution in [0.5, 0.6) is 0 Å². The van der Waals surface area contributed by atoms with E-state index in [-0.39, 0.29) is 17.7 Å². The van der Waals surface area contributed by atoms with E-state index in [4.69, 9.17) is 11.2 Å². The number of benzene rings is 1. The van der Waals surface area contributed by atoms with Crippen LogP contribution in [-0.2, 0) is 14.3 Å². The van der Waals surface area contributed by atoms with Crippen molar-refractivity contribution in [1.29, 1.82) is 0 Å². The second-order valence-corrected chi connectivity index (χ2v) is 11.6. The van der Waals surface area contributed by atoms with Gasteiger partial charge in [0.25, 0.3) is 0 Å². The molecular weight excluding hydrogens is 474 g/mol. The van der Waals surface area contributed by atoms with Crippen LogP contribution in [0.25, 0.3) is 0 Å². The Morgan fingerprint density at radius 3 is 2.25 bits per heavy atom. The molecule has 1 aliphatic carbocycles. The molecule has 2 unspecified atom stereocenters. The number of nitrogens with one attached hydrogen (secondary N) is 2. The van der Waals surface area contributed by atoms with Gasteiger partial charge in [-0.25, -0.2) is 4.79 Å². The minimum absolute atomic E-state index is 0.0262. The fourth-order valence-corrected chi connectivity index (χ4v) is 4.69. The molecule has 0 radical (unpaired) electrons. The lowest BCUT2D eigenvalue weighted by atomic mass is 9.91. The van der Waals surface area contributed by atoms with E-state index in [0.717, 1.165) is 32.1 Å². The van der Waals surface area contributed by atoms with Gasteiger partial charge in [-0.15, -0.1) is 6.42 Å². The van der Waals surface area contributed by atoms with Crippen molar-refractivity contribution in [3.63, 3.8) is 0 Å². The zero-order valence-electron chi connectivity index (χ0n) is 22.4. The summed E-state index contributed by atoms with van der Waals surface area (Å²) in [6.45, 7) is 10.8. The van der Waals surface area contributed by atoms with Crippen molar-refractivity contribution in [3.05, 3.63) is 35.4 Å². The van der Waals surface area contributed by atoms with Crippen molar-refractivity contribution < 1.29 is 19.1 Å². The van der Waals surface area contributed by atoms with Crippen LogP contribution in [-0.4, -0.2) is 51.8 Å². The number of carbonyl (C=O) groups is 3. The van der Waals surface area contributed by atoms with E-state index in [1.807, 2.05) is 20.8 Å². The molecule has 1 aromatic carbocycles. The van der Waals surface area contributed by atoms with E-state index in [9.17, 15) is 14.4 Å². The van der Waals surface area contributed by atoms with Gasteiger partial charge in [0.1, 0.15) is 17.7 Å². The smallest absolute Gasteiger partial charge is 0.408 e. The lowest BCUT2D eigenvalue weighted by Gasteiger charge is -2.43. The Morgan fingerprint density at radius 2 is 1.72 bits per heavy atom.